The minimum atomic E-state index is -1.11. The van der Waals surface area contributed by atoms with Crippen LogP contribution < -0.4 is 10.6 Å². The first kappa shape index (κ1) is 14.6. The topological polar surface area (TPSA) is 104 Å². The van der Waals surface area contributed by atoms with Gasteiger partial charge in [-0.25, -0.2) is 14.6 Å². The molecule has 0 aliphatic rings. The Labute approximate surface area is 121 Å². The van der Waals surface area contributed by atoms with Crippen LogP contribution in [0, 0.1) is 0 Å². The van der Waals surface area contributed by atoms with Crippen LogP contribution in [0.4, 0.5) is 10.5 Å². The number of aromatic carboxylic acids is 1. The van der Waals surface area contributed by atoms with Crippen LogP contribution in [0.2, 0.25) is 0 Å². The molecule has 2 amide bonds. The van der Waals surface area contributed by atoms with Crippen molar-refractivity contribution in [3.63, 3.8) is 0 Å². The van der Waals surface area contributed by atoms with Gasteiger partial charge >= 0.3 is 12.0 Å². The van der Waals surface area contributed by atoms with Gasteiger partial charge < -0.3 is 20.2 Å². The van der Waals surface area contributed by atoms with Crippen molar-refractivity contribution in [2.75, 3.05) is 5.32 Å². The fourth-order valence-electron chi connectivity index (χ4n) is 1.69. The summed E-state index contributed by atoms with van der Waals surface area (Å²) in [5, 5.41) is 14.1. The molecule has 2 rings (SSSR count). The van der Waals surface area contributed by atoms with Crippen LogP contribution in [-0.2, 0) is 13.0 Å². The number of carbonyl (C=O) groups is 2. The van der Waals surface area contributed by atoms with Gasteiger partial charge in [-0.1, -0.05) is 19.1 Å². The van der Waals surface area contributed by atoms with Crippen molar-refractivity contribution in [1.29, 1.82) is 0 Å². The maximum absolute atomic E-state index is 11.8. The Balaban J connectivity index is 1.94. The molecule has 1 heterocycles. The van der Waals surface area contributed by atoms with Gasteiger partial charge in [-0.05, 0) is 12.1 Å². The second-order valence-electron chi connectivity index (χ2n) is 4.23. The fraction of sp³-hybridized carbons (Fsp3) is 0.214. The summed E-state index contributed by atoms with van der Waals surface area (Å²) < 4.78 is 5.35. The molecule has 0 unspecified atom stereocenters. The van der Waals surface area contributed by atoms with E-state index in [4.69, 9.17) is 9.52 Å². The number of carbonyl (C=O) groups excluding carboxylic acids is 1. The zero-order valence-corrected chi connectivity index (χ0v) is 11.4. The molecule has 0 atom stereocenters. The van der Waals surface area contributed by atoms with Crippen LogP contribution in [0.25, 0.3) is 0 Å². The second-order valence-corrected chi connectivity index (χ2v) is 4.23. The van der Waals surface area contributed by atoms with Crippen LogP contribution in [0.3, 0.4) is 0 Å². The molecular formula is C14H15N3O4. The number of oxazole rings is 1. The van der Waals surface area contributed by atoms with Gasteiger partial charge in [0.05, 0.1) is 24.0 Å². The summed E-state index contributed by atoms with van der Waals surface area (Å²) in [5.41, 5.74) is 0.251. The minimum Gasteiger partial charge on any atom is -0.478 e. The van der Waals surface area contributed by atoms with E-state index >= 15 is 0 Å². The highest BCUT2D eigenvalue weighted by Crippen LogP contribution is 2.14. The predicted molar refractivity (Wildman–Crippen MR) is 75.1 cm³/mol. The van der Waals surface area contributed by atoms with Crippen LogP contribution in [-0.4, -0.2) is 22.1 Å². The molecule has 0 spiro atoms. The van der Waals surface area contributed by atoms with Crippen LogP contribution in [0.5, 0.6) is 0 Å². The van der Waals surface area contributed by atoms with Crippen molar-refractivity contribution < 1.29 is 19.1 Å². The summed E-state index contributed by atoms with van der Waals surface area (Å²) in [6.45, 7) is 2.06. The zero-order valence-electron chi connectivity index (χ0n) is 11.4. The van der Waals surface area contributed by atoms with Crippen molar-refractivity contribution in [2.24, 2.45) is 0 Å². The summed E-state index contributed by atoms with van der Waals surface area (Å²) in [5.74, 6) is 0.0307. The molecular weight excluding hydrogens is 274 g/mol. The van der Waals surface area contributed by atoms with Gasteiger partial charge in [0.15, 0.2) is 0 Å². The van der Waals surface area contributed by atoms with Crippen LogP contribution >= 0.6 is 0 Å². The average molecular weight is 289 g/mol. The molecule has 110 valence electrons. The summed E-state index contributed by atoms with van der Waals surface area (Å²) >= 11 is 0. The smallest absolute Gasteiger partial charge is 0.337 e. The van der Waals surface area contributed by atoms with Gasteiger partial charge in [0.25, 0.3) is 0 Å². The summed E-state index contributed by atoms with van der Waals surface area (Å²) in [7, 11) is 0. The van der Waals surface area contributed by atoms with E-state index in [0.29, 0.717) is 5.89 Å². The first-order chi connectivity index (χ1) is 10.1. The third-order valence-corrected chi connectivity index (χ3v) is 2.76. The molecule has 0 aliphatic heterocycles. The molecule has 0 radical (unpaired) electrons. The van der Waals surface area contributed by atoms with E-state index in [0.717, 1.165) is 12.2 Å². The Morgan fingerprint density at radius 3 is 2.76 bits per heavy atom. The van der Waals surface area contributed by atoms with Gasteiger partial charge in [0.1, 0.15) is 5.76 Å². The van der Waals surface area contributed by atoms with Crippen LogP contribution in [0.1, 0.15) is 28.9 Å². The number of carboxylic acid groups (broad SMARTS) is 1. The standard InChI is InChI=1S/C14H15N3O4/c1-2-9-7-15-12(21-9)8-16-14(20)17-11-6-4-3-5-10(11)13(18)19/h3-7H,2,8H2,1H3,(H,18,19)(H2,16,17,20). The number of hydrogen-bond acceptors (Lipinski definition) is 4. The Kier molecular flexibility index (Phi) is 4.55. The number of aromatic nitrogens is 1. The lowest BCUT2D eigenvalue weighted by Crippen LogP contribution is -2.29. The number of hydrogen-bond donors (Lipinski definition) is 3. The predicted octanol–water partition coefficient (Wildman–Crippen LogP) is 2.26. The van der Waals surface area contributed by atoms with E-state index in [1.807, 2.05) is 6.92 Å². The molecule has 0 bridgehead atoms. The van der Waals surface area contributed by atoms with E-state index in [1.165, 1.54) is 12.1 Å². The molecule has 21 heavy (non-hydrogen) atoms. The summed E-state index contributed by atoms with van der Waals surface area (Å²) in [6, 6.07) is 5.64. The lowest BCUT2D eigenvalue weighted by atomic mass is 10.2. The average Bonchev–Trinajstić information content (AvgIpc) is 2.93. The second kappa shape index (κ2) is 6.56. The van der Waals surface area contributed by atoms with Gasteiger partial charge in [0.2, 0.25) is 5.89 Å². The highest BCUT2D eigenvalue weighted by Gasteiger charge is 2.12. The first-order valence-electron chi connectivity index (χ1n) is 6.41. The van der Waals surface area contributed by atoms with Crippen molar-refractivity contribution in [2.45, 2.75) is 19.9 Å². The number of amides is 2. The molecule has 0 saturated carbocycles. The highest BCUT2D eigenvalue weighted by atomic mass is 16.4. The van der Waals surface area contributed by atoms with Gasteiger partial charge in [-0.15, -0.1) is 0 Å². The number of aryl methyl sites for hydroxylation is 1. The molecule has 0 fully saturated rings. The van der Waals surface area contributed by atoms with E-state index < -0.39 is 12.0 Å². The van der Waals surface area contributed by atoms with E-state index in [9.17, 15) is 9.59 Å². The van der Waals surface area contributed by atoms with Crippen molar-refractivity contribution >= 4 is 17.7 Å². The third kappa shape index (κ3) is 3.82. The van der Waals surface area contributed by atoms with Crippen LogP contribution in [0.15, 0.2) is 34.9 Å². The first-order valence-corrected chi connectivity index (χ1v) is 6.41. The Hall–Kier alpha value is -2.83. The van der Waals surface area contributed by atoms with E-state index in [2.05, 4.69) is 15.6 Å². The van der Waals surface area contributed by atoms with Gasteiger partial charge in [0, 0.05) is 6.42 Å². The number of anilines is 1. The van der Waals surface area contributed by atoms with Crippen molar-refractivity contribution in [3.8, 4) is 0 Å². The molecule has 2 aromatic rings. The minimum absolute atomic E-state index is 0.0250. The zero-order chi connectivity index (χ0) is 15.2. The number of nitrogens with one attached hydrogen (secondary N) is 2. The van der Waals surface area contributed by atoms with Crippen molar-refractivity contribution in [3.05, 3.63) is 47.7 Å². The monoisotopic (exact) mass is 289 g/mol. The Morgan fingerprint density at radius 2 is 2.10 bits per heavy atom. The fourth-order valence-corrected chi connectivity index (χ4v) is 1.69. The van der Waals surface area contributed by atoms with Crippen molar-refractivity contribution in [1.82, 2.24) is 10.3 Å². The molecule has 7 heteroatoms. The summed E-state index contributed by atoms with van der Waals surface area (Å²) in [4.78, 5) is 26.8. The number of carboxylic acids is 1. The molecule has 7 nitrogen and oxygen atoms in total. The summed E-state index contributed by atoms with van der Waals surface area (Å²) in [6.07, 6.45) is 2.33. The highest BCUT2D eigenvalue weighted by molar-refractivity contribution is 5.99. The maximum atomic E-state index is 11.8. The number of para-hydroxylation sites is 1. The van der Waals surface area contributed by atoms with E-state index in [-0.39, 0.29) is 17.8 Å². The maximum Gasteiger partial charge on any atom is 0.337 e. The lowest BCUT2D eigenvalue weighted by Gasteiger charge is -2.08. The van der Waals surface area contributed by atoms with Gasteiger partial charge in [-0.3, -0.25) is 0 Å². The Bertz CT molecular complexity index is 651. The number of rotatable bonds is 5. The Morgan fingerprint density at radius 1 is 1.33 bits per heavy atom. The normalized spacial score (nSPS) is 10.1. The van der Waals surface area contributed by atoms with E-state index in [1.54, 1.807) is 18.3 Å². The molecule has 3 N–H and O–H groups in total. The molecule has 0 aliphatic carbocycles. The lowest BCUT2D eigenvalue weighted by molar-refractivity contribution is 0.0698. The molecule has 1 aromatic carbocycles. The van der Waals surface area contributed by atoms with Gasteiger partial charge in [-0.2, -0.15) is 0 Å². The molecule has 0 saturated heterocycles. The number of nitrogens with zero attached hydrogens (tertiary/aromatic N) is 1. The SMILES string of the molecule is CCc1cnc(CNC(=O)Nc2ccccc2C(=O)O)o1. The number of benzene rings is 1. The quantitative estimate of drug-likeness (QED) is 0.783. The molecule has 1 aromatic heterocycles. The third-order valence-electron chi connectivity index (χ3n) is 2.76. The number of urea groups is 1. The largest absolute Gasteiger partial charge is 0.478 e.